The molecular weight excluding hydrogens is 300 g/mol. The summed E-state index contributed by atoms with van der Waals surface area (Å²) < 4.78 is 5.45. The summed E-state index contributed by atoms with van der Waals surface area (Å²) in [6.45, 7) is 0. The molecule has 2 heterocycles. The van der Waals surface area contributed by atoms with Crippen LogP contribution in [0.4, 0.5) is 11.6 Å². The van der Waals surface area contributed by atoms with Crippen molar-refractivity contribution >= 4 is 39.1 Å². The highest BCUT2D eigenvalue weighted by molar-refractivity contribution is 9.10. The van der Waals surface area contributed by atoms with Crippen molar-refractivity contribution in [3.05, 3.63) is 33.8 Å². The number of hydrogen-bond acceptors (Lipinski definition) is 6. The minimum atomic E-state index is -0.264. The quantitative estimate of drug-likeness (QED) is 0.807. The zero-order valence-corrected chi connectivity index (χ0v) is 10.4. The van der Waals surface area contributed by atoms with E-state index in [1.807, 2.05) is 12.1 Å². The second-order valence-corrected chi connectivity index (χ2v) is 4.99. The number of hydrogen-bond donors (Lipinski definition) is 1. The highest BCUT2D eigenvalue weighted by atomic mass is 79.9. The molecule has 2 aromatic rings. The Morgan fingerprint density at radius 2 is 2.22 bits per heavy atom. The van der Waals surface area contributed by atoms with Crippen molar-refractivity contribution < 1.29 is 9.42 Å². The van der Waals surface area contributed by atoms with Crippen LogP contribution in [0.25, 0.3) is 0 Å². The van der Waals surface area contributed by atoms with Crippen LogP contribution in [0.3, 0.4) is 0 Å². The normalized spacial score (nSPS) is 19.7. The molecular formula is C11H5BrN4O2. The van der Waals surface area contributed by atoms with Gasteiger partial charge in [-0.05, 0) is 28.0 Å². The summed E-state index contributed by atoms with van der Waals surface area (Å²) in [6, 6.07) is 5.33. The number of aromatic nitrogens is 2. The molecule has 0 spiro atoms. The Balaban J connectivity index is 1.94. The van der Waals surface area contributed by atoms with Crippen molar-refractivity contribution in [3.8, 4) is 0 Å². The fraction of sp³-hybridized carbons (Fsp3) is 0.0909. The summed E-state index contributed by atoms with van der Waals surface area (Å²) in [7, 11) is 0. The smallest absolute Gasteiger partial charge is 0.241 e. The molecule has 1 N–H and O–H groups in total. The number of benzene rings is 1. The lowest BCUT2D eigenvalue weighted by atomic mass is 10.1. The van der Waals surface area contributed by atoms with E-state index in [0.717, 1.165) is 10.0 Å². The van der Waals surface area contributed by atoms with Crippen molar-refractivity contribution in [1.82, 2.24) is 10.3 Å². The van der Waals surface area contributed by atoms with E-state index >= 15 is 0 Å². The summed E-state index contributed by atoms with van der Waals surface area (Å²) in [5.41, 5.74) is 1.99. The third kappa shape index (κ3) is 1.16. The molecule has 0 amide bonds. The lowest BCUT2D eigenvalue weighted by Crippen LogP contribution is -2.22. The standard InChI is InChI=1S/C11H5BrN4O2/c12-4-1-2-5-6(3-4)9(17)8-7(5)13-10-11(14-8)16-18-15-10/h1-3,7H,(H,13,15). The molecule has 7 heteroatoms. The molecule has 0 fully saturated rings. The molecule has 0 saturated heterocycles. The van der Waals surface area contributed by atoms with Crippen LogP contribution in [0.5, 0.6) is 0 Å². The number of ketones is 1. The molecule has 88 valence electrons. The fourth-order valence-electron chi connectivity index (χ4n) is 2.25. The SMILES string of the molecule is O=C1C2=Nc3nonc3NC2c2ccc(Br)cc21. The maximum absolute atomic E-state index is 12.2. The number of carbonyl (C=O) groups excluding carboxylic acids is 1. The van der Waals surface area contributed by atoms with Crippen LogP contribution in [0.1, 0.15) is 22.0 Å². The van der Waals surface area contributed by atoms with E-state index in [9.17, 15) is 4.79 Å². The zero-order chi connectivity index (χ0) is 12.3. The highest BCUT2D eigenvalue weighted by Crippen LogP contribution is 2.39. The number of nitrogens with one attached hydrogen (secondary N) is 1. The van der Waals surface area contributed by atoms with Gasteiger partial charge in [0.1, 0.15) is 11.8 Å². The summed E-state index contributed by atoms with van der Waals surface area (Å²) in [5, 5.41) is 10.5. The zero-order valence-electron chi connectivity index (χ0n) is 8.85. The Labute approximate surface area is 109 Å². The van der Waals surface area contributed by atoms with E-state index in [1.165, 1.54) is 0 Å². The van der Waals surface area contributed by atoms with Gasteiger partial charge in [0.2, 0.25) is 17.4 Å². The molecule has 0 bridgehead atoms. The summed E-state index contributed by atoms with van der Waals surface area (Å²) in [5.74, 6) is 0.700. The first-order chi connectivity index (χ1) is 8.74. The van der Waals surface area contributed by atoms with Crippen LogP contribution >= 0.6 is 15.9 Å². The number of rotatable bonds is 0. The molecule has 1 aromatic heterocycles. The summed E-state index contributed by atoms with van der Waals surface area (Å²) in [6.07, 6.45) is 0. The van der Waals surface area contributed by atoms with Crippen LogP contribution in [0.2, 0.25) is 0 Å². The maximum atomic E-state index is 12.2. The van der Waals surface area contributed by atoms with Crippen LogP contribution in [0, 0.1) is 0 Å². The number of carbonyl (C=O) groups is 1. The molecule has 1 aliphatic heterocycles. The Morgan fingerprint density at radius 1 is 1.33 bits per heavy atom. The van der Waals surface area contributed by atoms with Gasteiger partial charge >= 0.3 is 0 Å². The number of halogens is 1. The largest absolute Gasteiger partial charge is 0.351 e. The molecule has 1 atom stereocenters. The average molecular weight is 305 g/mol. The van der Waals surface area contributed by atoms with Crippen molar-refractivity contribution in [2.75, 3.05) is 5.32 Å². The van der Waals surface area contributed by atoms with Crippen LogP contribution in [-0.4, -0.2) is 21.8 Å². The van der Waals surface area contributed by atoms with Gasteiger partial charge in [0.25, 0.3) is 0 Å². The number of anilines is 1. The topological polar surface area (TPSA) is 80.4 Å². The van der Waals surface area contributed by atoms with Gasteiger partial charge in [0.05, 0.1) is 0 Å². The molecule has 1 unspecified atom stereocenters. The van der Waals surface area contributed by atoms with E-state index in [2.05, 4.69) is 41.2 Å². The lowest BCUT2D eigenvalue weighted by Gasteiger charge is -2.16. The van der Waals surface area contributed by atoms with Crippen LogP contribution < -0.4 is 5.32 Å². The van der Waals surface area contributed by atoms with E-state index in [4.69, 9.17) is 0 Å². The lowest BCUT2D eigenvalue weighted by molar-refractivity contribution is 0.106. The van der Waals surface area contributed by atoms with Gasteiger partial charge in [0, 0.05) is 10.0 Å². The Bertz CT molecular complexity index is 722. The Kier molecular flexibility index (Phi) is 1.80. The second-order valence-electron chi connectivity index (χ2n) is 4.07. The highest BCUT2D eigenvalue weighted by Gasteiger charge is 2.40. The predicted octanol–water partition coefficient (Wildman–Crippen LogP) is 2.27. The summed E-state index contributed by atoms with van der Waals surface area (Å²) >= 11 is 3.36. The van der Waals surface area contributed by atoms with E-state index < -0.39 is 0 Å². The predicted molar refractivity (Wildman–Crippen MR) is 66.2 cm³/mol. The summed E-state index contributed by atoms with van der Waals surface area (Å²) in [4.78, 5) is 16.5. The first-order valence-corrected chi connectivity index (χ1v) is 6.05. The Morgan fingerprint density at radius 3 is 3.11 bits per heavy atom. The van der Waals surface area contributed by atoms with Gasteiger partial charge in [-0.15, -0.1) is 0 Å². The maximum Gasteiger partial charge on any atom is 0.241 e. The molecule has 0 saturated carbocycles. The van der Waals surface area contributed by atoms with Crippen molar-refractivity contribution in [2.45, 2.75) is 6.04 Å². The van der Waals surface area contributed by atoms with Crippen molar-refractivity contribution in [3.63, 3.8) is 0 Å². The number of nitrogens with zero attached hydrogens (tertiary/aromatic N) is 3. The molecule has 2 aliphatic rings. The van der Waals surface area contributed by atoms with Gasteiger partial charge in [-0.1, -0.05) is 22.0 Å². The minimum Gasteiger partial charge on any atom is -0.351 e. The molecule has 1 aliphatic carbocycles. The molecule has 6 nitrogen and oxygen atoms in total. The van der Waals surface area contributed by atoms with Gasteiger partial charge in [0.15, 0.2) is 0 Å². The van der Waals surface area contributed by atoms with Crippen LogP contribution in [0.15, 0.2) is 32.3 Å². The van der Waals surface area contributed by atoms with E-state index in [-0.39, 0.29) is 11.8 Å². The molecule has 0 radical (unpaired) electrons. The average Bonchev–Trinajstić information content (AvgIpc) is 2.92. The van der Waals surface area contributed by atoms with Gasteiger partial charge in [-0.25, -0.2) is 9.62 Å². The molecule has 1 aromatic carbocycles. The monoisotopic (exact) mass is 304 g/mol. The third-order valence-corrected chi connectivity index (χ3v) is 3.55. The van der Waals surface area contributed by atoms with E-state index in [1.54, 1.807) is 6.07 Å². The number of aliphatic imine (C=N–C) groups is 1. The van der Waals surface area contributed by atoms with Crippen molar-refractivity contribution in [1.29, 1.82) is 0 Å². The fourth-order valence-corrected chi connectivity index (χ4v) is 2.61. The molecule has 4 rings (SSSR count). The molecule has 18 heavy (non-hydrogen) atoms. The third-order valence-electron chi connectivity index (χ3n) is 3.06. The van der Waals surface area contributed by atoms with Gasteiger partial charge in [-0.2, -0.15) is 0 Å². The minimum absolute atomic E-state index is 0.0857. The first-order valence-electron chi connectivity index (χ1n) is 5.26. The van der Waals surface area contributed by atoms with Crippen molar-refractivity contribution in [2.24, 2.45) is 4.99 Å². The second kappa shape index (κ2) is 3.26. The Hall–Kier alpha value is -2.02. The van der Waals surface area contributed by atoms with E-state index in [0.29, 0.717) is 22.9 Å². The number of fused-ring (bicyclic) bond motifs is 4. The first kappa shape index (κ1) is 9.95. The van der Waals surface area contributed by atoms with Gasteiger partial charge in [-0.3, -0.25) is 4.79 Å². The number of Topliss-reactive ketones (excluding diaryl/α,β-unsaturated/α-hetero) is 1. The van der Waals surface area contributed by atoms with Crippen LogP contribution in [-0.2, 0) is 0 Å². The van der Waals surface area contributed by atoms with Gasteiger partial charge < -0.3 is 5.32 Å².